The van der Waals surface area contributed by atoms with Crippen LogP contribution in [0.3, 0.4) is 0 Å². The van der Waals surface area contributed by atoms with Gasteiger partial charge in [-0.15, -0.1) is 0 Å². The molecule has 0 bridgehead atoms. The molecule has 126 valence electrons. The first kappa shape index (κ1) is 16.3. The van der Waals surface area contributed by atoms with Crippen molar-refractivity contribution in [3.63, 3.8) is 0 Å². The smallest absolute Gasteiger partial charge is 0.239 e. The van der Waals surface area contributed by atoms with Crippen molar-refractivity contribution in [1.29, 1.82) is 0 Å². The Kier molecular flexibility index (Phi) is 5.51. The molecule has 1 aromatic rings. The van der Waals surface area contributed by atoms with E-state index in [9.17, 15) is 4.79 Å². The standard InChI is InChI=1S/C18H28N4O/c1-20(18(23)17-8-5-9-19-17)10-11-21-12-14-22(15-13-21)16-6-3-2-4-7-16/h2-4,6-7,17,19H,5,8-15H2,1H3. The van der Waals surface area contributed by atoms with E-state index in [1.807, 2.05) is 11.9 Å². The molecule has 0 radical (unpaired) electrons. The van der Waals surface area contributed by atoms with Crippen LogP contribution in [0.25, 0.3) is 0 Å². The van der Waals surface area contributed by atoms with E-state index in [0.717, 1.165) is 58.7 Å². The molecule has 2 aliphatic heterocycles. The Bertz CT molecular complexity index is 493. The topological polar surface area (TPSA) is 38.8 Å². The highest BCUT2D eigenvalue weighted by Gasteiger charge is 2.25. The summed E-state index contributed by atoms with van der Waals surface area (Å²) in [6.45, 7) is 7.03. The molecule has 1 amide bonds. The lowest BCUT2D eigenvalue weighted by Gasteiger charge is -2.36. The van der Waals surface area contributed by atoms with Crippen LogP contribution in [0.1, 0.15) is 12.8 Å². The molecule has 23 heavy (non-hydrogen) atoms. The summed E-state index contributed by atoms with van der Waals surface area (Å²) in [4.78, 5) is 19.1. The molecule has 5 nitrogen and oxygen atoms in total. The van der Waals surface area contributed by atoms with Crippen molar-refractivity contribution in [2.24, 2.45) is 0 Å². The first-order valence-corrected chi connectivity index (χ1v) is 8.75. The van der Waals surface area contributed by atoms with Gasteiger partial charge in [0.2, 0.25) is 5.91 Å². The van der Waals surface area contributed by atoms with Gasteiger partial charge in [-0.3, -0.25) is 9.69 Å². The van der Waals surface area contributed by atoms with Gasteiger partial charge < -0.3 is 15.1 Å². The summed E-state index contributed by atoms with van der Waals surface area (Å²) in [5.74, 6) is 0.255. The number of hydrogen-bond acceptors (Lipinski definition) is 4. The maximum absolute atomic E-state index is 12.3. The van der Waals surface area contributed by atoms with Gasteiger partial charge in [-0.05, 0) is 31.5 Å². The van der Waals surface area contributed by atoms with Crippen molar-refractivity contribution in [3.05, 3.63) is 30.3 Å². The summed E-state index contributed by atoms with van der Waals surface area (Å²) < 4.78 is 0. The van der Waals surface area contributed by atoms with Crippen LogP contribution < -0.4 is 10.2 Å². The monoisotopic (exact) mass is 316 g/mol. The van der Waals surface area contributed by atoms with E-state index in [4.69, 9.17) is 0 Å². The van der Waals surface area contributed by atoms with Crippen molar-refractivity contribution >= 4 is 11.6 Å². The third kappa shape index (κ3) is 4.24. The molecule has 1 atom stereocenters. The van der Waals surface area contributed by atoms with Crippen molar-refractivity contribution in [2.75, 3.05) is 57.8 Å². The zero-order chi connectivity index (χ0) is 16.1. The fourth-order valence-corrected chi connectivity index (χ4v) is 3.43. The van der Waals surface area contributed by atoms with Gasteiger partial charge in [0.1, 0.15) is 0 Å². The third-order valence-corrected chi connectivity index (χ3v) is 4.98. The summed E-state index contributed by atoms with van der Waals surface area (Å²) in [6, 6.07) is 10.7. The van der Waals surface area contributed by atoms with Crippen LogP contribution in [-0.4, -0.2) is 74.6 Å². The Hall–Kier alpha value is -1.59. The van der Waals surface area contributed by atoms with E-state index in [1.54, 1.807) is 0 Å². The fraction of sp³-hybridized carbons (Fsp3) is 0.611. The predicted octanol–water partition coefficient (Wildman–Crippen LogP) is 1.02. The Balaban J connectivity index is 1.39. The molecular weight excluding hydrogens is 288 g/mol. The highest BCUT2D eigenvalue weighted by Crippen LogP contribution is 2.15. The minimum Gasteiger partial charge on any atom is -0.369 e. The first-order chi connectivity index (χ1) is 11.2. The summed E-state index contributed by atoms with van der Waals surface area (Å²) in [6.07, 6.45) is 2.10. The second-order valence-corrected chi connectivity index (χ2v) is 6.57. The lowest BCUT2D eigenvalue weighted by Crippen LogP contribution is -2.50. The highest BCUT2D eigenvalue weighted by atomic mass is 16.2. The number of rotatable bonds is 5. The lowest BCUT2D eigenvalue weighted by molar-refractivity contribution is -0.131. The summed E-state index contributed by atoms with van der Waals surface area (Å²) in [5, 5.41) is 3.29. The van der Waals surface area contributed by atoms with Gasteiger partial charge >= 0.3 is 0 Å². The maximum atomic E-state index is 12.3. The molecule has 2 heterocycles. The van der Waals surface area contributed by atoms with Crippen LogP contribution in [0.15, 0.2) is 30.3 Å². The van der Waals surface area contributed by atoms with Crippen LogP contribution in [0, 0.1) is 0 Å². The van der Waals surface area contributed by atoms with Gasteiger partial charge in [-0.2, -0.15) is 0 Å². The second kappa shape index (κ2) is 7.79. The molecule has 1 unspecified atom stereocenters. The number of nitrogens with one attached hydrogen (secondary N) is 1. The van der Waals surface area contributed by atoms with Crippen LogP contribution in [0.2, 0.25) is 0 Å². The van der Waals surface area contributed by atoms with Crippen LogP contribution in [0.5, 0.6) is 0 Å². The zero-order valence-corrected chi connectivity index (χ0v) is 14.1. The highest BCUT2D eigenvalue weighted by molar-refractivity contribution is 5.81. The van der Waals surface area contributed by atoms with Crippen LogP contribution >= 0.6 is 0 Å². The Morgan fingerprint density at radius 3 is 2.61 bits per heavy atom. The van der Waals surface area contributed by atoms with Crippen LogP contribution in [0.4, 0.5) is 5.69 Å². The van der Waals surface area contributed by atoms with Crippen molar-refractivity contribution < 1.29 is 4.79 Å². The molecule has 5 heteroatoms. The Morgan fingerprint density at radius 2 is 1.96 bits per heavy atom. The molecule has 1 N–H and O–H groups in total. The third-order valence-electron chi connectivity index (χ3n) is 4.98. The summed E-state index contributed by atoms with van der Waals surface area (Å²) in [7, 11) is 1.93. The minimum absolute atomic E-state index is 0.0509. The van der Waals surface area contributed by atoms with Gasteiger partial charge in [0.25, 0.3) is 0 Å². The van der Waals surface area contributed by atoms with E-state index in [-0.39, 0.29) is 11.9 Å². The quantitative estimate of drug-likeness (QED) is 0.880. The molecule has 3 rings (SSSR count). The number of piperazine rings is 1. The van der Waals surface area contributed by atoms with Gasteiger partial charge in [0, 0.05) is 52.0 Å². The SMILES string of the molecule is CN(CCN1CCN(c2ccccc2)CC1)C(=O)C1CCCN1. The molecular formula is C18H28N4O. The number of anilines is 1. The van der Waals surface area contributed by atoms with E-state index in [0.29, 0.717) is 0 Å². The number of para-hydroxylation sites is 1. The second-order valence-electron chi connectivity index (χ2n) is 6.57. The molecule has 2 fully saturated rings. The molecule has 1 aromatic carbocycles. The van der Waals surface area contributed by atoms with Crippen molar-refractivity contribution in [2.45, 2.75) is 18.9 Å². The largest absolute Gasteiger partial charge is 0.369 e. The predicted molar refractivity (Wildman–Crippen MR) is 93.8 cm³/mol. The number of benzene rings is 1. The van der Waals surface area contributed by atoms with Gasteiger partial charge in [-0.25, -0.2) is 0 Å². The number of nitrogens with zero attached hydrogens (tertiary/aromatic N) is 3. The number of carbonyl (C=O) groups excluding carboxylic acids is 1. The number of carbonyl (C=O) groups is 1. The lowest BCUT2D eigenvalue weighted by atomic mass is 10.2. The molecule has 0 aromatic heterocycles. The van der Waals surface area contributed by atoms with Gasteiger partial charge in [-0.1, -0.05) is 18.2 Å². The van der Waals surface area contributed by atoms with Gasteiger partial charge in [0.05, 0.1) is 6.04 Å². The van der Waals surface area contributed by atoms with E-state index in [1.165, 1.54) is 5.69 Å². The summed E-state index contributed by atoms with van der Waals surface area (Å²) in [5.41, 5.74) is 1.31. The fourth-order valence-electron chi connectivity index (χ4n) is 3.43. The van der Waals surface area contributed by atoms with Gasteiger partial charge in [0.15, 0.2) is 0 Å². The van der Waals surface area contributed by atoms with E-state index in [2.05, 4.69) is 45.4 Å². The first-order valence-electron chi connectivity index (χ1n) is 8.75. The molecule has 2 aliphatic rings. The maximum Gasteiger partial charge on any atom is 0.239 e. The Labute approximate surface area is 139 Å². The molecule has 0 spiro atoms. The number of hydrogen-bond donors (Lipinski definition) is 1. The molecule has 2 saturated heterocycles. The van der Waals surface area contributed by atoms with E-state index >= 15 is 0 Å². The van der Waals surface area contributed by atoms with Crippen molar-refractivity contribution in [3.8, 4) is 0 Å². The van der Waals surface area contributed by atoms with Crippen molar-refractivity contribution in [1.82, 2.24) is 15.1 Å². The Morgan fingerprint density at radius 1 is 1.22 bits per heavy atom. The molecule has 0 aliphatic carbocycles. The average molecular weight is 316 g/mol. The average Bonchev–Trinajstić information content (AvgIpc) is 3.15. The minimum atomic E-state index is 0.0509. The number of amides is 1. The summed E-state index contributed by atoms with van der Waals surface area (Å²) >= 11 is 0. The van der Waals surface area contributed by atoms with E-state index < -0.39 is 0 Å². The normalized spacial score (nSPS) is 22.3. The number of likely N-dealkylation sites (N-methyl/N-ethyl adjacent to an activating group) is 1. The van der Waals surface area contributed by atoms with Crippen LogP contribution in [-0.2, 0) is 4.79 Å². The molecule has 0 saturated carbocycles. The zero-order valence-electron chi connectivity index (χ0n) is 14.1.